The molecule has 2 aromatic heterocycles. The van der Waals surface area contributed by atoms with Gasteiger partial charge in [0.25, 0.3) is 5.52 Å². The Morgan fingerprint density at radius 2 is 1.79 bits per heavy atom. The highest BCUT2D eigenvalue weighted by atomic mass is 16.5. The minimum atomic E-state index is -0.151. The molecule has 0 radical (unpaired) electrons. The van der Waals surface area contributed by atoms with E-state index >= 15 is 0 Å². The van der Waals surface area contributed by atoms with Gasteiger partial charge in [-0.3, -0.25) is 0 Å². The quantitative estimate of drug-likeness (QED) is 0.318. The first-order chi connectivity index (χ1) is 8.99. The molecule has 1 aromatic carbocycles. The van der Waals surface area contributed by atoms with Crippen LogP contribution in [0.3, 0.4) is 0 Å². The van der Waals surface area contributed by atoms with E-state index < -0.39 is 0 Å². The van der Waals surface area contributed by atoms with Crippen LogP contribution in [0, 0.1) is 17.3 Å². The molecule has 19 heavy (non-hydrogen) atoms. The molecule has 0 aliphatic heterocycles. The number of rotatable bonds is 0. The van der Waals surface area contributed by atoms with Crippen molar-refractivity contribution in [3.05, 3.63) is 34.2 Å². The molecule has 0 amide bonds. The summed E-state index contributed by atoms with van der Waals surface area (Å²) in [5.41, 5.74) is 12.1. The third-order valence-electron chi connectivity index (χ3n) is 2.87. The summed E-state index contributed by atoms with van der Waals surface area (Å²) in [6, 6.07) is 4.89. The van der Waals surface area contributed by atoms with Crippen molar-refractivity contribution < 1.29 is 9.46 Å². The molecule has 8 heteroatoms. The molecule has 96 valence electrons. The highest BCUT2D eigenvalue weighted by Crippen LogP contribution is 2.16. The first-order valence-electron chi connectivity index (χ1n) is 5.47. The highest BCUT2D eigenvalue weighted by Gasteiger charge is 2.25. The third kappa shape index (κ3) is 1.46. The molecule has 8 nitrogen and oxygen atoms in total. The Balaban J connectivity index is 2.64. The molecule has 2 heterocycles. The summed E-state index contributed by atoms with van der Waals surface area (Å²) in [6.45, 7) is 1.82. The molecular weight excluding hydrogens is 248 g/mol. The largest absolute Gasteiger partial charge is 0.710 e. The van der Waals surface area contributed by atoms with Gasteiger partial charge in [0, 0.05) is 11.1 Å². The molecule has 0 unspecified atom stereocenters. The number of nitrogens with two attached hydrogens (primary N) is 2. The lowest BCUT2D eigenvalue weighted by Gasteiger charge is -2.10. The zero-order chi connectivity index (χ0) is 13.7. The van der Waals surface area contributed by atoms with E-state index in [2.05, 4.69) is 9.97 Å². The van der Waals surface area contributed by atoms with Crippen molar-refractivity contribution in [3.8, 4) is 0 Å². The summed E-state index contributed by atoms with van der Waals surface area (Å²) in [7, 11) is 0. The van der Waals surface area contributed by atoms with Crippen molar-refractivity contribution in [1.29, 1.82) is 0 Å². The summed E-state index contributed by atoms with van der Waals surface area (Å²) in [5.74, 6) is -0.272. The molecular formula is C11H10N6O2. The number of nitrogen functional groups attached to an aromatic ring is 2. The molecule has 0 aliphatic carbocycles. The van der Waals surface area contributed by atoms with Crippen LogP contribution in [-0.4, -0.2) is 9.97 Å². The normalized spacial score (nSPS) is 11.2. The molecule has 0 saturated heterocycles. The van der Waals surface area contributed by atoms with E-state index in [-0.39, 0.29) is 34.0 Å². The standard InChI is InChI=1S/C11H10N6O2/c1-5-2-3-6-7(4-5)17(19)10-8(16(6)18)9(12)14-11(13)15-10/h2-4H,1H3,(H4,12,13,14,15). The van der Waals surface area contributed by atoms with Crippen molar-refractivity contribution in [2.45, 2.75) is 6.92 Å². The molecule has 0 spiro atoms. The van der Waals surface area contributed by atoms with E-state index in [0.29, 0.717) is 9.46 Å². The second-order valence-corrected chi connectivity index (χ2v) is 4.22. The van der Waals surface area contributed by atoms with Gasteiger partial charge in [0.2, 0.25) is 11.3 Å². The van der Waals surface area contributed by atoms with Crippen LogP contribution in [0.5, 0.6) is 0 Å². The first-order valence-corrected chi connectivity index (χ1v) is 5.47. The maximum Gasteiger partial charge on any atom is 0.408 e. The van der Waals surface area contributed by atoms with Crippen LogP contribution in [0.15, 0.2) is 18.2 Å². The Kier molecular flexibility index (Phi) is 2.09. The van der Waals surface area contributed by atoms with E-state index in [1.165, 1.54) is 0 Å². The predicted molar refractivity (Wildman–Crippen MR) is 68.5 cm³/mol. The lowest BCUT2D eigenvalue weighted by Crippen LogP contribution is -2.41. The molecule has 3 aromatic rings. The molecule has 4 N–H and O–H groups in total. The van der Waals surface area contributed by atoms with Crippen molar-refractivity contribution in [2.75, 3.05) is 11.5 Å². The van der Waals surface area contributed by atoms with Crippen molar-refractivity contribution in [1.82, 2.24) is 9.97 Å². The van der Waals surface area contributed by atoms with Crippen LogP contribution < -0.4 is 20.9 Å². The second kappa shape index (κ2) is 3.55. The number of aryl methyl sites for hydroxylation is 1. The minimum Gasteiger partial charge on any atom is -0.710 e. The SMILES string of the molecule is Cc1ccc2c(c1)[n+]([O-])c1nc(N)nc(N)c1[n+]2[O-]. The van der Waals surface area contributed by atoms with Gasteiger partial charge in [-0.2, -0.15) is 9.71 Å². The van der Waals surface area contributed by atoms with Crippen molar-refractivity contribution in [3.63, 3.8) is 0 Å². The lowest BCUT2D eigenvalue weighted by molar-refractivity contribution is -0.592. The van der Waals surface area contributed by atoms with Gasteiger partial charge in [0.1, 0.15) is 0 Å². The number of benzene rings is 1. The predicted octanol–water partition coefficient (Wildman–Crippen LogP) is -0.477. The van der Waals surface area contributed by atoms with Gasteiger partial charge in [0.15, 0.2) is 0 Å². The number of hydrogen-bond acceptors (Lipinski definition) is 6. The number of hydrogen-bond donors (Lipinski definition) is 2. The summed E-state index contributed by atoms with van der Waals surface area (Å²) in [4.78, 5) is 7.49. The summed E-state index contributed by atoms with van der Waals surface area (Å²) in [5, 5.41) is 24.5. The zero-order valence-corrected chi connectivity index (χ0v) is 9.99. The van der Waals surface area contributed by atoms with E-state index in [1.807, 2.05) is 6.92 Å². The van der Waals surface area contributed by atoms with E-state index in [1.54, 1.807) is 18.2 Å². The Labute approximate surface area is 107 Å². The summed E-state index contributed by atoms with van der Waals surface area (Å²) >= 11 is 0. The van der Waals surface area contributed by atoms with Gasteiger partial charge in [0.05, 0.1) is 0 Å². The van der Waals surface area contributed by atoms with Gasteiger partial charge >= 0.3 is 17.1 Å². The Hall–Kier alpha value is -2.90. The Morgan fingerprint density at radius 3 is 2.53 bits per heavy atom. The Morgan fingerprint density at radius 1 is 1.05 bits per heavy atom. The average molecular weight is 258 g/mol. The van der Waals surface area contributed by atoms with Crippen LogP contribution in [0.25, 0.3) is 22.2 Å². The van der Waals surface area contributed by atoms with Crippen molar-refractivity contribution in [2.24, 2.45) is 0 Å². The summed E-state index contributed by atoms with van der Waals surface area (Å²) < 4.78 is 1.09. The van der Waals surface area contributed by atoms with Gasteiger partial charge in [-0.15, -0.1) is 0 Å². The zero-order valence-electron chi connectivity index (χ0n) is 9.99. The van der Waals surface area contributed by atoms with Gasteiger partial charge in [-0.1, -0.05) is 6.07 Å². The molecule has 0 fully saturated rings. The third-order valence-corrected chi connectivity index (χ3v) is 2.87. The fourth-order valence-corrected chi connectivity index (χ4v) is 2.02. The molecule has 3 rings (SSSR count). The molecule has 0 bridgehead atoms. The monoisotopic (exact) mass is 258 g/mol. The van der Waals surface area contributed by atoms with Crippen LogP contribution in [0.1, 0.15) is 5.56 Å². The van der Waals surface area contributed by atoms with E-state index in [9.17, 15) is 10.4 Å². The fraction of sp³-hybridized carbons (Fsp3) is 0.0909. The van der Waals surface area contributed by atoms with E-state index in [4.69, 9.17) is 11.5 Å². The topological polar surface area (TPSA) is 132 Å². The number of fused-ring (bicyclic) bond motifs is 2. The number of aromatic nitrogens is 4. The second-order valence-electron chi connectivity index (χ2n) is 4.22. The van der Waals surface area contributed by atoms with Crippen LogP contribution in [-0.2, 0) is 0 Å². The van der Waals surface area contributed by atoms with E-state index in [0.717, 1.165) is 5.56 Å². The molecule has 0 atom stereocenters. The number of anilines is 2. The number of nitrogens with zero attached hydrogens (tertiary/aromatic N) is 4. The van der Waals surface area contributed by atoms with Crippen LogP contribution in [0.2, 0.25) is 0 Å². The smallest absolute Gasteiger partial charge is 0.408 e. The first kappa shape index (κ1) is 11.2. The highest BCUT2D eigenvalue weighted by molar-refractivity contribution is 5.81. The maximum atomic E-state index is 12.3. The van der Waals surface area contributed by atoms with Crippen LogP contribution >= 0.6 is 0 Å². The Bertz CT molecular complexity index is 833. The minimum absolute atomic E-state index is 0.0828. The van der Waals surface area contributed by atoms with Crippen molar-refractivity contribution >= 4 is 34.0 Å². The lowest BCUT2D eigenvalue weighted by atomic mass is 10.2. The van der Waals surface area contributed by atoms with Gasteiger partial charge in [-0.05, 0) is 18.6 Å². The fourth-order valence-electron chi connectivity index (χ4n) is 2.02. The molecule has 0 aliphatic rings. The van der Waals surface area contributed by atoms with Crippen LogP contribution in [0.4, 0.5) is 11.8 Å². The van der Waals surface area contributed by atoms with Gasteiger partial charge in [-0.25, -0.2) is 4.73 Å². The summed E-state index contributed by atoms with van der Waals surface area (Å²) in [6.07, 6.45) is 0. The average Bonchev–Trinajstić information content (AvgIpc) is 2.35. The molecule has 0 saturated carbocycles. The van der Waals surface area contributed by atoms with Gasteiger partial charge < -0.3 is 21.9 Å². The maximum absolute atomic E-state index is 12.3.